The van der Waals surface area contributed by atoms with E-state index in [1.54, 1.807) is 12.1 Å². The van der Waals surface area contributed by atoms with E-state index in [4.69, 9.17) is 0 Å². The van der Waals surface area contributed by atoms with Crippen molar-refractivity contribution in [3.05, 3.63) is 35.6 Å². The molecule has 0 heterocycles. The topological polar surface area (TPSA) is 15.3 Å². The van der Waals surface area contributed by atoms with Gasteiger partial charge in [-0.1, -0.05) is 26.0 Å². The van der Waals surface area contributed by atoms with Crippen LogP contribution in [0.5, 0.6) is 0 Å². The Labute approximate surface area is 117 Å². The van der Waals surface area contributed by atoms with Crippen molar-refractivity contribution in [1.82, 2.24) is 10.2 Å². The average Bonchev–Trinajstić information content (AvgIpc) is 2.33. The van der Waals surface area contributed by atoms with Crippen LogP contribution in [0.15, 0.2) is 24.3 Å². The summed E-state index contributed by atoms with van der Waals surface area (Å²) in [5.74, 6) is 0.569. The lowest BCUT2D eigenvalue weighted by atomic mass is 10.2. The normalized spacial score (nSPS) is 11.5. The molecule has 3 heteroatoms. The van der Waals surface area contributed by atoms with E-state index < -0.39 is 0 Å². The second kappa shape index (κ2) is 9.05. The number of rotatable bonds is 9. The summed E-state index contributed by atoms with van der Waals surface area (Å²) in [5.41, 5.74) is 1.04. The minimum Gasteiger partial charge on any atom is -0.316 e. The highest BCUT2D eigenvalue weighted by molar-refractivity contribution is 5.15. The number of benzene rings is 1. The third-order valence-corrected chi connectivity index (χ3v) is 3.04. The molecule has 0 aromatic heterocycles. The number of nitrogens with zero attached hydrogens (tertiary/aromatic N) is 1. The molecule has 0 fully saturated rings. The largest absolute Gasteiger partial charge is 0.316 e. The van der Waals surface area contributed by atoms with Crippen molar-refractivity contribution in [3.8, 4) is 0 Å². The van der Waals surface area contributed by atoms with Gasteiger partial charge in [0.15, 0.2) is 0 Å². The molecule has 2 nitrogen and oxygen atoms in total. The summed E-state index contributed by atoms with van der Waals surface area (Å²) >= 11 is 0. The van der Waals surface area contributed by atoms with Gasteiger partial charge in [0.2, 0.25) is 0 Å². The van der Waals surface area contributed by atoms with Gasteiger partial charge in [0.25, 0.3) is 0 Å². The molecule has 0 unspecified atom stereocenters. The van der Waals surface area contributed by atoms with Crippen molar-refractivity contribution >= 4 is 0 Å². The van der Waals surface area contributed by atoms with E-state index in [1.165, 1.54) is 18.9 Å². The van der Waals surface area contributed by atoms with Crippen LogP contribution in [-0.4, -0.2) is 31.6 Å². The van der Waals surface area contributed by atoms with Crippen LogP contribution >= 0.6 is 0 Å². The molecule has 0 saturated carbocycles. The molecule has 0 aliphatic carbocycles. The first kappa shape index (κ1) is 16.1. The molecule has 19 heavy (non-hydrogen) atoms. The monoisotopic (exact) mass is 266 g/mol. The van der Waals surface area contributed by atoms with Crippen molar-refractivity contribution in [3.63, 3.8) is 0 Å². The first-order chi connectivity index (χ1) is 9.08. The van der Waals surface area contributed by atoms with Crippen LogP contribution in [0.25, 0.3) is 0 Å². The molecule has 0 amide bonds. The van der Waals surface area contributed by atoms with Crippen LogP contribution in [-0.2, 0) is 6.54 Å². The Morgan fingerprint density at radius 2 is 2.05 bits per heavy atom. The van der Waals surface area contributed by atoms with Crippen molar-refractivity contribution in [2.75, 3.05) is 26.7 Å². The fourth-order valence-corrected chi connectivity index (χ4v) is 2.05. The lowest BCUT2D eigenvalue weighted by molar-refractivity contribution is 0.317. The lowest BCUT2D eigenvalue weighted by Gasteiger charge is -2.16. The Kier molecular flexibility index (Phi) is 7.68. The van der Waals surface area contributed by atoms with Crippen LogP contribution in [0.1, 0.15) is 32.3 Å². The second-order valence-electron chi connectivity index (χ2n) is 5.67. The maximum Gasteiger partial charge on any atom is 0.123 e. The molecule has 108 valence electrons. The smallest absolute Gasteiger partial charge is 0.123 e. The second-order valence-corrected chi connectivity index (χ2v) is 5.67. The van der Waals surface area contributed by atoms with Gasteiger partial charge in [-0.2, -0.15) is 0 Å². The van der Waals surface area contributed by atoms with Gasteiger partial charge in [-0.25, -0.2) is 4.39 Å². The number of hydrogen-bond acceptors (Lipinski definition) is 2. The zero-order valence-electron chi connectivity index (χ0n) is 12.5. The van der Waals surface area contributed by atoms with Gasteiger partial charge in [-0.3, -0.25) is 0 Å². The van der Waals surface area contributed by atoms with Crippen LogP contribution in [0.3, 0.4) is 0 Å². The fourth-order valence-electron chi connectivity index (χ4n) is 2.05. The van der Waals surface area contributed by atoms with E-state index in [1.807, 2.05) is 6.07 Å². The number of hydrogen-bond donors (Lipinski definition) is 1. The standard InChI is InChI=1S/C16H27FN2/c1-14(2)12-18-9-4-5-10-19(3)13-15-7-6-8-16(17)11-15/h6-8,11,14,18H,4-5,9-10,12-13H2,1-3H3. The molecule has 0 aliphatic rings. The summed E-state index contributed by atoms with van der Waals surface area (Å²) in [7, 11) is 2.09. The summed E-state index contributed by atoms with van der Waals surface area (Å²) in [6.07, 6.45) is 2.37. The minimum atomic E-state index is -0.149. The Balaban J connectivity index is 2.09. The van der Waals surface area contributed by atoms with Gasteiger partial charge >= 0.3 is 0 Å². The van der Waals surface area contributed by atoms with E-state index in [0.717, 1.165) is 37.7 Å². The third-order valence-electron chi connectivity index (χ3n) is 3.04. The van der Waals surface area contributed by atoms with Crippen LogP contribution in [0.4, 0.5) is 4.39 Å². The lowest BCUT2D eigenvalue weighted by Crippen LogP contribution is -2.23. The molecular weight excluding hydrogens is 239 g/mol. The van der Waals surface area contributed by atoms with E-state index in [0.29, 0.717) is 0 Å². The molecular formula is C16H27FN2. The molecule has 0 spiro atoms. The minimum absolute atomic E-state index is 0.149. The van der Waals surface area contributed by atoms with Crippen LogP contribution in [0.2, 0.25) is 0 Å². The molecule has 0 aliphatic heterocycles. The SMILES string of the molecule is CC(C)CNCCCCN(C)Cc1cccc(F)c1. The maximum atomic E-state index is 13.0. The van der Waals surface area contributed by atoms with Gasteiger partial charge < -0.3 is 10.2 Å². The first-order valence-corrected chi connectivity index (χ1v) is 7.21. The maximum absolute atomic E-state index is 13.0. The fraction of sp³-hybridized carbons (Fsp3) is 0.625. The molecule has 0 atom stereocenters. The highest BCUT2D eigenvalue weighted by Gasteiger charge is 2.01. The number of nitrogens with one attached hydrogen (secondary N) is 1. The van der Waals surface area contributed by atoms with Crippen LogP contribution in [0, 0.1) is 11.7 Å². The van der Waals surface area contributed by atoms with Crippen molar-refractivity contribution in [1.29, 1.82) is 0 Å². The predicted octanol–water partition coefficient (Wildman–Crippen LogP) is 3.28. The predicted molar refractivity (Wildman–Crippen MR) is 79.7 cm³/mol. The van der Waals surface area contributed by atoms with Crippen molar-refractivity contribution < 1.29 is 4.39 Å². The van der Waals surface area contributed by atoms with E-state index in [-0.39, 0.29) is 5.82 Å². The van der Waals surface area contributed by atoms with E-state index >= 15 is 0 Å². The zero-order valence-corrected chi connectivity index (χ0v) is 12.5. The Hall–Kier alpha value is -0.930. The van der Waals surface area contributed by atoms with Crippen molar-refractivity contribution in [2.45, 2.75) is 33.2 Å². The Morgan fingerprint density at radius 3 is 2.74 bits per heavy atom. The van der Waals surface area contributed by atoms with Crippen molar-refractivity contribution in [2.24, 2.45) is 5.92 Å². The third kappa shape index (κ3) is 7.96. The summed E-state index contributed by atoms with van der Waals surface area (Å²) in [4.78, 5) is 2.25. The van der Waals surface area contributed by atoms with Gasteiger partial charge in [0, 0.05) is 6.54 Å². The summed E-state index contributed by atoms with van der Waals surface area (Å²) < 4.78 is 13.0. The zero-order chi connectivity index (χ0) is 14.1. The first-order valence-electron chi connectivity index (χ1n) is 7.21. The average molecular weight is 266 g/mol. The summed E-state index contributed by atoms with van der Waals surface area (Å²) in [6.45, 7) is 8.50. The number of halogens is 1. The molecule has 1 rings (SSSR count). The molecule has 1 aromatic rings. The highest BCUT2D eigenvalue weighted by Crippen LogP contribution is 2.06. The Bertz CT molecular complexity index is 352. The molecule has 1 N–H and O–H groups in total. The Morgan fingerprint density at radius 1 is 1.26 bits per heavy atom. The summed E-state index contributed by atoms with van der Waals surface area (Å²) in [5, 5.41) is 3.45. The molecule has 0 bridgehead atoms. The van der Waals surface area contributed by atoms with Crippen LogP contribution < -0.4 is 5.32 Å². The molecule has 1 aromatic carbocycles. The van der Waals surface area contributed by atoms with Gasteiger partial charge in [-0.05, 0) is 63.1 Å². The summed E-state index contributed by atoms with van der Waals surface area (Å²) in [6, 6.07) is 6.85. The number of unbranched alkanes of at least 4 members (excludes halogenated alkanes) is 1. The van der Waals surface area contributed by atoms with Gasteiger partial charge in [0.1, 0.15) is 5.82 Å². The quantitative estimate of drug-likeness (QED) is 0.690. The molecule has 0 radical (unpaired) electrons. The van der Waals surface area contributed by atoms with E-state index in [2.05, 4.69) is 31.1 Å². The van der Waals surface area contributed by atoms with Gasteiger partial charge in [0.05, 0.1) is 0 Å². The molecule has 0 saturated heterocycles. The van der Waals surface area contributed by atoms with E-state index in [9.17, 15) is 4.39 Å². The highest BCUT2D eigenvalue weighted by atomic mass is 19.1. The van der Waals surface area contributed by atoms with Gasteiger partial charge in [-0.15, -0.1) is 0 Å².